The van der Waals surface area contributed by atoms with Gasteiger partial charge in [-0.15, -0.1) is 0 Å². The number of methoxy groups -OCH3 is 1. The predicted molar refractivity (Wildman–Crippen MR) is 110 cm³/mol. The Morgan fingerprint density at radius 2 is 1.89 bits per heavy atom. The zero-order chi connectivity index (χ0) is 19.5. The monoisotopic (exact) mass is 374 g/mol. The average Bonchev–Trinajstić information content (AvgIpc) is 2.71. The van der Waals surface area contributed by atoms with Gasteiger partial charge >= 0.3 is 0 Å². The lowest BCUT2D eigenvalue weighted by Gasteiger charge is -2.23. The SMILES string of the molecule is CN=C(NCCC(C)c1ccc(OC)cc1)NCC(=O)NC1CCCCC1. The molecule has 1 aromatic carbocycles. The summed E-state index contributed by atoms with van der Waals surface area (Å²) in [6.07, 6.45) is 6.89. The van der Waals surface area contributed by atoms with Crippen molar-refractivity contribution in [3.05, 3.63) is 29.8 Å². The van der Waals surface area contributed by atoms with Crippen molar-refractivity contribution in [2.75, 3.05) is 27.2 Å². The van der Waals surface area contributed by atoms with Gasteiger partial charge in [0.25, 0.3) is 0 Å². The van der Waals surface area contributed by atoms with Crippen molar-refractivity contribution in [3.8, 4) is 5.75 Å². The molecule has 150 valence electrons. The molecule has 1 fully saturated rings. The Bertz CT molecular complexity index is 595. The standard InChI is InChI=1S/C21H34N4O2/c1-16(17-9-11-19(27-3)12-10-17)13-14-23-21(22-2)24-15-20(26)25-18-7-5-4-6-8-18/h9-12,16,18H,4-8,13-15H2,1-3H3,(H,25,26)(H2,22,23,24). The maximum atomic E-state index is 12.1. The third-order valence-electron chi connectivity index (χ3n) is 5.16. The Kier molecular flexibility index (Phi) is 8.95. The minimum Gasteiger partial charge on any atom is -0.497 e. The first-order valence-corrected chi connectivity index (χ1v) is 10.00. The fourth-order valence-electron chi connectivity index (χ4n) is 3.42. The van der Waals surface area contributed by atoms with Gasteiger partial charge in [0.1, 0.15) is 5.75 Å². The van der Waals surface area contributed by atoms with Crippen LogP contribution in [0, 0.1) is 0 Å². The number of amides is 1. The lowest BCUT2D eigenvalue weighted by Crippen LogP contribution is -2.46. The summed E-state index contributed by atoms with van der Waals surface area (Å²) in [6.45, 7) is 3.25. The van der Waals surface area contributed by atoms with Crippen molar-refractivity contribution < 1.29 is 9.53 Å². The number of guanidine groups is 1. The Labute approximate surface area is 163 Å². The minimum absolute atomic E-state index is 0.0384. The summed E-state index contributed by atoms with van der Waals surface area (Å²) in [4.78, 5) is 16.3. The lowest BCUT2D eigenvalue weighted by atomic mass is 9.95. The zero-order valence-electron chi connectivity index (χ0n) is 16.9. The topological polar surface area (TPSA) is 74.8 Å². The Morgan fingerprint density at radius 1 is 1.19 bits per heavy atom. The van der Waals surface area contributed by atoms with E-state index in [1.165, 1.54) is 24.8 Å². The summed E-state index contributed by atoms with van der Waals surface area (Å²) in [5, 5.41) is 9.49. The first-order chi connectivity index (χ1) is 13.1. The van der Waals surface area contributed by atoms with Crippen LogP contribution in [0.15, 0.2) is 29.3 Å². The molecular weight excluding hydrogens is 340 g/mol. The molecule has 1 saturated carbocycles. The molecule has 0 aromatic heterocycles. The van der Waals surface area contributed by atoms with Crippen molar-refractivity contribution in [3.63, 3.8) is 0 Å². The predicted octanol–water partition coefficient (Wildman–Crippen LogP) is 2.80. The van der Waals surface area contributed by atoms with Crippen LogP contribution in [-0.2, 0) is 4.79 Å². The molecular formula is C21H34N4O2. The van der Waals surface area contributed by atoms with Gasteiger partial charge in [-0.2, -0.15) is 0 Å². The second-order valence-corrected chi connectivity index (χ2v) is 7.22. The largest absolute Gasteiger partial charge is 0.497 e. The molecule has 3 N–H and O–H groups in total. The van der Waals surface area contributed by atoms with Gasteiger partial charge in [-0.3, -0.25) is 9.79 Å². The van der Waals surface area contributed by atoms with Gasteiger partial charge in [-0.25, -0.2) is 0 Å². The molecule has 0 aliphatic heterocycles. The van der Waals surface area contributed by atoms with Crippen LogP contribution in [0.1, 0.15) is 56.9 Å². The number of nitrogens with zero attached hydrogens (tertiary/aromatic N) is 1. The molecule has 0 radical (unpaired) electrons. The summed E-state index contributed by atoms with van der Waals surface area (Å²) in [5.41, 5.74) is 1.28. The number of rotatable bonds is 8. The van der Waals surface area contributed by atoms with Crippen LogP contribution < -0.4 is 20.7 Å². The van der Waals surface area contributed by atoms with Gasteiger partial charge in [-0.1, -0.05) is 38.3 Å². The van der Waals surface area contributed by atoms with Gasteiger partial charge in [-0.05, 0) is 42.9 Å². The maximum Gasteiger partial charge on any atom is 0.239 e. The van der Waals surface area contributed by atoms with E-state index in [9.17, 15) is 4.79 Å². The Balaban J connectivity index is 1.66. The van der Waals surface area contributed by atoms with Crippen molar-refractivity contribution in [2.45, 2.75) is 57.4 Å². The van der Waals surface area contributed by atoms with Crippen molar-refractivity contribution >= 4 is 11.9 Å². The molecule has 6 nitrogen and oxygen atoms in total. The molecule has 1 aliphatic rings. The number of benzene rings is 1. The molecule has 1 aromatic rings. The first kappa shape index (κ1) is 21.1. The average molecular weight is 375 g/mol. The molecule has 0 bridgehead atoms. The third kappa shape index (κ3) is 7.49. The summed E-state index contributed by atoms with van der Waals surface area (Å²) in [5.74, 6) is 2.00. The van der Waals surface area contributed by atoms with Crippen LogP contribution in [0.2, 0.25) is 0 Å². The quantitative estimate of drug-likeness (QED) is 0.483. The number of carbonyl (C=O) groups excluding carboxylic acids is 1. The highest BCUT2D eigenvalue weighted by Crippen LogP contribution is 2.21. The van der Waals surface area contributed by atoms with Gasteiger partial charge in [0.2, 0.25) is 5.91 Å². The van der Waals surface area contributed by atoms with Crippen LogP contribution >= 0.6 is 0 Å². The van der Waals surface area contributed by atoms with Crippen LogP contribution in [0.3, 0.4) is 0 Å². The van der Waals surface area contributed by atoms with E-state index in [1.54, 1.807) is 14.2 Å². The number of hydrogen-bond donors (Lipinski definition) is 3. The number of nitrogens with one attached hydrogen (secondary N) is 3. The lowest BCUT2D eigenvalue weighted by molar-refractivity contribution is -0.120. The summed E-state index contributed by atoms with van der Waals surface area (Å²) in [6, 6.07) is 8.53. The molecule has 1 unspecified atom stereocenters. The molecule has 0 saturated heterocycles. The minimum atomic E-state index is 0.0384. The molecule has 0 spiro atoms. The van der Waals surface area contributed by atoms with E-state index in [4.69, 9.17) is 4.74 Å². The summed E-state index contributed by atoms with van der Waals surface area (Å²) < 4.78 is 5.20. The van der Waals surface area contributed by atoms with E-state index in [-0.39, 0.29) is 12.5 Å². The highest BCUT2D eigenvalue weighted by molar-refractivity contribution is 5.86. The normalized spacial score (nSPS) is 16.5. The fraction of sp³-hybridized carbons (Fsp3) is 0.619. The highest BCUT2D eigenvalue weighted by Gasteiger charge is 2.15. The van der Waals surface area contributed by atoms with E-state index < -0.39 is 0 Å². The maximum absolute atomic E-state index is 12.1. The van der Waals surface area contributed by atoms with E-state index in [0.29, 0.717) is 17.9 Å². The highest BCUT2D eigenvalue weighted by atomic mass is 16.5. The number of carbonyl (C=O) groups is 1. The van der Waals surface area contributed by atoms with Gasteiger partial charge in [0.05, 0.1) is 13.7 Å². The second-order valence-electron chi connectivity index (χ2n) is 7.22. The smallest absolute Gasteiger partial charge is 0.239 e. The molecule has 1 aliphatic carbocycles. The molecule has 1 amide bonds. The van der Waals surface area contributed by atoms with E-state index in [2.05, 4.69) is 40.0 Å². The number of aliphatic imine (C=N–C) groups is 1. The first-order valence-electron chi connectivity index (χ1n) is 10.00. The number of ether oxygens (including phenoxy) is 1. The third-order valence-corrected chi connectivity index (χ3v) is 5.16. The molecule has 0 heterocycles. The van der Waals surface area contributed by atoms with E-state index in [1.807, 2.05) is 12.1 Å². The van der Waals surface area contributed by atoms with Gasteiger partial charge in [0, 0.05) is 19.6 Å². The van der Waals surface area contributed by atoms with Gasteiger partial charge < -0.3 is 20.7 Å². The van der Waals surface area contributed by atoms with Crippen LogP contribution in [-0.4, -0.2) is 45.2 Å². The molecule has 27 heavy (non-hydrogen) atoms. The van der Waals surface area contributed by atoms with Crippen LogP contribution in [0.5, 0.6) is 5.75 Å². The van der Waals surface area contributed by atoms with E-state index >= 15 is 0 Å². The number of hydrogen-bond acceptors (Lipinski definition) is 3. The summed E-state index contributed by atoms with van der Waals surface area (Å²) in [7, 11) is 3.40. The van der Waals surface area contributed by atoms with Crippen molar-refractivity contribution in [1.29, 1.82) is 0 Å². The van der Waals surface area contributed by atoms with E-state index in [0.717, 1.165) is 31.6 Å². The van der Waals surface area contributed by atoms with Crippen molar-refractivity contribution in [1.82, 2.24) is 16.0 Å². The zero-order valence-corrected chi connectivity index (χ0v) is 16.9. The molecule has 2 rings (SSSR count). The second kappa shape index (κ2) is 11.5. The van der Waals surface area contributed by atoms with Gasteiger partial charge in [0.15, 0.2) is 5.96 Å². The summed E-state index contributed by atoms with van der Waals surface area (Å²) >= 11 is 0. The molecule has 1 atom stereocenters. The van der Waals surface area contributed by atoms with Crippen molar-refractivity contribution in [2.24, 2.45) is 4.99 Å². The van der Waals surface area contributed by atoms with Crippen LogP contribution in [0.25, 0.3) is 0 Å². The van der Waals surface area contributed by atoms with Crippen LogP contribution in [0.4, 0.5) is 0 Å². The fourth-order valence-corrected chi connectivity index (χ4v) is 3.42. The molecule has 6 heteroatoms. The Morgan fingerprint density at radius 3 is 2.52 bits per heavy atom. The Hall–Kier alpha value is -2.24.